The summed E-state index contributed by atoms with van der Waals surface area (Å²) in [5, 5.41) is 12.5. The minimum atomic E-state index is -1.10. The predicted octanol–water partition coefficient (Wildman–Crippen LogP) is 3.71. The summed E-state index contributed by atoms with van der Waals surface area (Å²) < 4.78 is 12.9. The van der Waals surface area contributed by atoms with E-state index in [0.717, 1.165) is 5.56 Å². The number of aliphatic carboxylic acids is 1. The molecule has 0 saturated carbocycles. The zero-order valence-corrected chi connectivity index (χ0v) is 11.8. The van der Waals surface area contributed by atoms with Crippen LogP contribution in [0, 0.1) is 5.82 Å². The van der Waals surface area contributed by atoms with Gasteiger partial charge in [0.1, 0.15) is 11.4 Å². The Hall–Kier alpha value is -2.36. The van der Waals surface area contributed by atoms with Gasteiger partial charge in [-0.05, 0) is 49.6 Å². The first kappa shape index (κ1) is 15.0. The molecular weight excluding hydrogens is 269 g/mol. The highest BCUT2D eigenvalue weighted by atomic mass is 19.1. The van der Waals surface area contributed by atoms with Gasteiger partial charge in [-0.25, -0.2) is 9.18 Å². The van der Waals surface area contributed by atoms with Crippen molar-refractivity contribution in [3.8, 4) is 0 Å². The standard InChI is InChI=1S/C17H18FNO2/c1-17(16(20)21,12-11-13-5-3-2-4-6-13)19-15-9-7-14(18)8-10-15/h2-10,19H,11-12H2,1H3,(H,20,21). The van der Waals surface area contributed by atoms with Gasteiger partial charge in [0.05, 0.1) is 0 Å². The van der Waals surface area contributed by atoms with E-state index < -0.39 is 11.5 Å². The van der Waals surface area contributed by atoms with Crippen LogP contribution in [0.3, 0.4) is 0 Å². The molecule has 0 aliphatic heterocycles. The lowest BCUT2D eigenvalue weighted by Crippen LogP contribution is -2.43. The second kappa shape index (κ2) is 6.39. The van der Waals surface area contributed by atoms with Gasteiger partial charge in [-0.2, -0.15) is 0 Å². The highest BCUT2D eigenvalue weighted by Gasteiger charge is 2.32. The van der Waals surface area contributed by atoms with Crippen LogP contribution in [0.4, 0.5) is 10.1 Å². The van der Waals surface area contributed by atoms with E-state index in [2.05, 4.69) is 5.32 Å². The van der Waals surface area contributed by atoms with E-state index in [4.69, 9.17) is 0 Å². The van der Waals surface area contributed by atoms with E-state index in [1.165, 1.54) is 12.1 Å². The Morgan fingerprint density at radius 1 is 1.14 bits per heavy atom. The first-order chi connectivity index (χ1) is 9.99. The molecule has 21 heavy (non-hydrogen) atoms. The number of hydrogen-bond acceptors (Lipinski definition) is 2. The molecule has 0 bridgehead atoms. The fraction of sp³-hybridized carbons (Fsp3) is 0.235. The van der Waals surface area contributed by atoms with E-state index in [0.29, 0.717) is 18.5 Å². The normalized spacial score (nSPS) is 13.4. The number of carboxylic acids is 1. The predicted molar refractivity (Wildman–Crippen MR) is 80.8 cm³/mol. The topological polar surface area (TPSA) is 49.3 Å². The fourth-order valence-electron chi connectivity index (χ4n) is 2.11. The van der Waals surface area contributed by atoms with Gasteiger partial charge in [0.25, 0.3) is 0 Å². The average Bonchev–Trinajstić information content (AvgIpc) is 2.48. The summed E-state index contributed by atoms with van der Waals surface area (Å²) >= 11 is 0. The lowest BCUT2D eigenvalue weighted by atomic mass is 9.93. The molecule has 0 aliphatic rings. The van der Waals surface area contributed by atoms with Crippen LogP contribution in [0.5, 0.6) is 0 Å². The summed E-state index contributed by atoms with van der Waals surface area (Å²) in [4.78, 5) is 11.6. The van der Waals surface area contributed by atoms with E-state index in [-0.39, 0.29) is 5.82 Å². The highest BCUT2D eigenvalue weighted by Crippen LogP contribution is 2.21. The molecule has 0 radical (unpaired) electrons. The van der Waals surface area contributed by atoms with Crippen LogP contribution < -0.4 is 5.32 Å². The Balaban J connectivity index is 2.09. The van der Waals surface area contributed by atoms with Gasteiger partial charge in [0.15, 0.2) is 0 Å². The molecule has 0 saturated heterocycles. The van der Waals surface area contributed by atoms with Crippen molar-refractivity contribution >= 4 is 11.7 Å². The first-order valence-electron chi connectivity index (χ1n) is 6.81. The van der Waals surface area contributed by atoms with Gasteiger partial charge in [-0.15, -0.1) is 0 Å². The van der Waals surface area contributed by atoms with Crippen molar-refractivity contribution in [1.82, 2.24) is 0 Å². The van der Waals surface area contributed by atoms with Crippen LogP contribution in [0.2, 0.25) is 0 Å². The molecule has 0 spiro atoms. The molecule has 0 aliphatic carbocycles. The molecule has 0 heterocycles. The van der Waals surface area contributed by atoms with Crippen LogP contribution >= 0.6 is 0 Å². The Bertz CT molecular complexity index is 598. The zero-order valence-electron chi connectivity index (χ0n) is 11.8. The SMILES string of the molecule is CC(CCc1ccccc1)(Nc1ccc(F)cc1)C(=O)O. The molecule has 0 aromatic heterocycles. The molecule has 2 N–H and O–H groups in total. The molecule has 110 valence electrons. The van der Waals surface area contributed by atoms with Crippen molar-refractivity contribution in [2.45, 2.75) is 25.3 Å². The number of rotatable bonds is 6. The van der Waals surface area contributed by atoms with Gasteiger partial charge in [0.2, 0.25) is 0 Å². The number of nitrogens with one attached hydrogen (secondary N) is 1. The van der Waals surface area contributed by atoms with E-state index in [9.17, 15) is 14.3 Å². The molecule has 1 unspecified atom stereocenters. The summed E-state index contributed by atoms with van der Waals surface area (Å²) in [6.07, 6.45) is 1.08. The molecule has 4 heteroatoms. The lowest BCUT2D eigenvalue weighted by Gasteiger charge is -2.27. The molecule has 2 rings (SSSR count). The second-order valence-electron chi connectivity index (χ2n) is 5.25. The van der Waals surface area contributed by atoms with Crippen LogP contribution in [0.25, 0.3) is 0 Å². The third-order valence-electron chi connectivity index (χ3n) is 3.49. The Morgan fingerprint density at radius 2 is 1.76 bits per heavy atom. The van der Waals surface area contributed by atoms with Gasteiger partial charge in [-0.1, -0.05) is 30.3 Å². The molecule has 0 fully saturated rings. The van der Waals surface area contributed by atoms with Crippen molar-refractivity contribution < 1.29 is 14.3 Å². The maximum atomic E-state index is 12.9. The Labute approximate surface area is 123 Å². The minimum absolute atomic E-state index is 0.345. The van der Waals surface area contributed by atoms with Crippen LogP contribution in [0.15, 0.2) is 54.6 Å². The van der Waals surface area contributed by atoms with E-state index >= 15 is 0 Å². The maximum absolute atomic E-state index is 12.9. The molecule has 2 aromatic rings. The number of carboxylic acid groups (broad SMARTS) is 1. The van der Waals surface area contributed by atoms with Gasteiger partial charge in [-0.3, -0.25) is 0 Å². The average molecular weight is 287 g/mol. The monoisotopic (exact) mass is 287 g/mol. The van der Waals surface area contributed by atoms with Crippen molar-refractivity contribution in [1.29, 1.82) is 0 Å². The van der Waals surface area contributed by atoms with E-state index in [1.807, 2.05) is 30.3 Å². The van der Waals surface area contributed by atoms with Crippen LogP contribution in [-0.4, -0.2) is 16.6 Å². The van der Waals surface area contributed by atoms with Crippen molar-refractivity contribution in [2.24, 2.45) is 0 Å². The fourth-order valence-corrected chi connectivity index (χ4v) is 2.11. The smallest absolute Gasteiger partial charge is 0.329 e. The maximum Gasteiger partial charge on any atom is 0.329 e. The largest absolute Gasteiger partial charge is 0.480 e. The lowest BCUT2D eigenvalue weighted by molar-refractivity contribution is -0.141. The number of benzene rings is 2. The minimum Gasteiger partial charge on any atom is -0.480 e. The van der Waals surface area contributed by atoms with Gasteiger partial charge < -0.3 is 10.4 Å². The Morgan fingerprint density at radius 3 is 2.33 bits per heavy atom. The molecular formula is C17H18FNO2. The second-order valence-corrected chi connectivity index (χ2v) is 5.25. The summed E-state index contributed by atoms with van der Waals surface area (Å²) in [6.45, 7) is 1.64. The van der Waals surface area contributed by atoms with E-state index in [1.54, 1.807) is 19.1 Å². The molecule has 0 amide bonds. The summed E-state index contributed by atoms with van der Waals surface area (Å²) in [7, 11) is 0. The van der Waals surface area contributed by atoms with Gasteiger partial charge >= 0.3 is 5.97 Å². The Kier molecular flexibility index (Phi) is 4.58. The number of halogens is 1. The first-order valence-corrected chi connectivity index (χ1v) is 6.81. The van der Waals surface area contributed by atoms with Crippen LogP contribution in [0.1, 0.15) is 18.9 Å². The number of hydrogen-bond donors (Lipinski definition) is 2. The number of carbonyl (C=O) groups is 1. The summed E-state index contributed by atoms with van der Waals surface area (Å²) in [5.41, 5.74) is 0.577. The van der Waals surface area contributed by atoms with Gasteiger partial charge in [0, 0.05) is 5.69 Å². The number of anilines is 1. The number of aryl methyl sites for hydroxylation is 1. The third-order valence-corrected chi connectivity index (χ3v) is 3.49. The van der Waals surface area contributed by atoms with Crippen molar-refractivity contribution in [2.75, 3.05) is 5.32 Å². The highest BCUT2D eigenvalue weighted by molar-refractivity contribution is 5.82. The summed E-state index contributed by atoms with van der Waals surface area (Å²) in [6, 6.07) is 15.4. The quantitative estimate of drug-likeness (QED) is 0.851. The van der Waals surface area contributed by atoms with Crippen molar-refractivity contribution in [3.63, 3.8) is 0 Å². The van der Waals surface area contributed by atoms with Crippen molar-refractivity contribution in [3.05, 3.63) is 66.0 Å². The molecule has 3 nitrogen and oxygen atoms in total. The summed E-state index contributed by atoms with van der Waals surface area (Å²) in [5.74, 6) is -1.27. The van der Waals surface area contributed by atoms with Crippen LogP contribution in [-0.2, 0) is 11.2 Å². The molecule has 2 aromatic carbocycles. The third kappa shape index (κ3) is 4.05. The molecule has 1 atom stereocenters. The zero-order chi connectivity index (χ0) is 15.3.